The minimum absolute atomic E-state index is 0.192. The molecule has 210 valence electrons. The van der Waals surface area contributed by atoms with Gasteiger partial charge in [0.05, 0.1) is 32.0 Å². The summed E-state index contributed by atoms with van der Waals surface area (Å²) in [7, 11) is 0. The molecule has 0 bridgehead atoms. The molecular weight excluding hydrogens is 782 g/mol. The van der Waals surface area contributed by atoms with Crippen molar-refractivity contribution in [3.05, 3.63) is 122 Å². The molecule has 6 nitrogen and oxygen atoms in total. The molecule has 0 saturated carbocycles. The van der Waals surface area contributed by atoms with Gasteiger partial charge in [-0.15, -0.1) is 11.8 Å². The zero-order chi connectivity index (χ0) is 29.1. The number of benzene rings is 3. The predicted octanol–water partition coefficient (Wildman–Crippen LogP) is 6.31. The van der Waals surface area contributed by atoms with E-state index in [-0.39, 0.29) is 12.2 Å². The Kier molecular flexibility index (Phi) is 9.72. The van der Waals surface area contributed by atoms with Crippen molar-refractivity contribution in [2.75, 3.05) is 12.9 Å². The van der Waals surface area contributed by atoms with E-state index in [0.29, 0.717) is 27.2 Å². The van der Waals surface area contributed by atoms with Crippen LogP contribution in [0.15, 0.2) is 92.7 Å². The Balaban J connectivity index is 1.48. The van der Waals surface area contributed by atoms with Gasteiger partial charge >= 0.3 is 5.97 Å². The fraction of sp³-hybridized carbons (Fsp3) is 0.194. The van der Waals surface area contributed by atoms with Gasteiger partial charge in [-0.3, -0.25) is 9.36 Å². The summed E-state index contributed by atoms with van der Waals surface area (Å²) >= 11 is 7.52. The molecule has 1 atom stereocenters. The zero-order valence-corrected chi connectivity index (χ0v) is 28.5. The number of nitrogens with zero attached hydrogens (tertiary/aromatic N) is 2. The highest BCUT2D eigenvalue weighted by Gasteiger charge is 2.33. The van der Waals surface area contributed by atoms with E-state index < -0.39 is 12.0 Å². The first-order chi connectivity index (χ1) is 19.8. The van der Waals surface area contributed by atoms with Crippen LogP contribution in [-0.4, -0.2) is 23.4 Å². The van der Waals surface area contributed by atoms with E-state index in [1.165, 1.54) is 14.9 Å². The molecule has 0 spiro atoms. The molecule has 3 aromatic carbocycles. The lowest BCUT2D eigenvalue weighted by Crippen LogP contribution is -2.39. The van der Waals surface area contributed by atoms with Gasteiger partial charge in [0, 0.05) is 8.47 Å². The first-order valence-electron chi connectivity index (χ1n) is 12.8. The summed E-state index contributed by atoms with van der Waals surface area (Å²) in [5.74, 6) is 0.394. The Morgan fingerprint density at radius 3 is 2.49 bits per heavy atom. The van der Waals surface area contributed by atoms with Gasteiger partial charge in [-0.2, -0.15) is 0 Å². The van der Waals surface area contributed by atoms with Crippen molar-refractivity contribution in [3.63, 3.8) is 0 Å². The molecule has 1 aliphatic rings. The Hall–Kier alpha value is -2.42. The average molecular weight is 809 g/mol. The van der Waals surface area contributed by atoms with Crippen LogP contribution in [0.4, 0.5) is 0 Å². The number of ether oxygens (including phenoxy) is 2. The van der Waals surface area contributed by atoms with Crippen LogP contribution in [0.3, 0.4) is 0 Å². The molecule has 0 radical (unpaired) electrons. The molecule has 5 rings (SSSR count). The van der Waals surface area contributed by atoms with Crippen LogP contribution in [-0.2, 0) is 16.1 Å². The highest BCUT2D eigenvalue weighted by molar-refractivity contribution is 14.1. The first kappa shape index (κ1) is 30.1. The summed E-state index contributed by atoms with van der Waals surface area (Å²) in [6, 6.07) is 21.3. The lowest BCUT2D eigenvalue weighted by atomic mass is 9.96. The molecule has 0 amide bonds. The van der Waals surface area contributed by atoms with Crippen LogP contribution in [0.1, 0.15) is 36.6 Å². The molecule has 41 heavy (non-hydrogen) atoms. The lowest BCUT2D eigenvalue weighted by molar-refractivity contribution is -0.139. The maximum atomic E-state index is 13.8. The van der Waals surface area contributed by atoms with Crippen molar-refractivity contribution in [1.29, 1.82) is 0 Å². The quantitative estimate of drug-likeness (QED) is 0.119. The van der Waals surface area contributed by atoms with Gasteiger partial charge in [-0.25, -0.2) is 9.79 Å². The SMILES string of the molecule is CCOC(=O)C1=C(C)N=c2s/c(=C\c3ccc(COc4ccc(I)cc4I)cc3)c(=O)n2[C@@H]1c1ccc(SC)cc1. The van der Waals surface area contributed by atoms with Crippen LogP contribution < -0.4 is 19.6 Å². The van der Waals surface area contributed by atoms with Crippen molar-refractivity contribution in [3.8, 4) is 5.75 Å². The van der Waals surface area contributed by atoms with Gasteiger partial charge in [0.25, 0.3) is 5.56 Å². The number of carbonyl (C=O) groups is 1. The first-order valence-corrected chi connectivity index (χ1v) is 17.0. The van der Waals surface area contributed by atoms with Gasteiger partial charge in [0.1, 0.15) is 12.4 Å². The van der Waals surface area contributed by atoms with E-state index in [1.807, 2.05) is 73.0 Å². The number of carbonyl (C=O) groups excluding carboxylic acids is 1. The van der Waals surface area contributed by atoms with E-state index >= 15 is 0 Å². The second-order valence-corrected chi connectivity index (χ2v) is 13.5. The zero-order valence-electron chi connectivity index (χ0n) is 22.5. The lowest BCUT2D eigenvalue weighted by Gasteiger charge is -2.24. The molecular formula is C31H26I2N2O4S2. The van der Waals surface area contributed by atoms with Crippen molar-refractivity contribution in [2.45, 2.75) is 31.4 Å². The third kappa shape index (κ3) is 6.65. The molecule has 1 aromatic heterocycles. The number of fused-ring (bicyclic) bond motifs is 1. The highest BCUT2D eigenvalue weighted by Crippen LogP contribution is 2.31. The average Bonchev–Trinajstić information content (AvgIpc) is 3.26. The summed E-state index contributed by atoms with van der Waals surface area (Å²) < 4.78 is 15.8. The molecule has 10 heteroatoms. The van der Waals surface area contributed by atoms with Gasteiger partial charge in [-0.05, 0) is 118 Å². The molecule has 0 fully saturated rings. The fourth-order valence-corrected chi connectivity index (χ4v) is 7.72. The maximum absolute atomic E-state index is 13.8. The highest BCUT2D eigenvalue weighted by atomic mass is 127. The normalized spacial score (nSPS) is 15.0. The largest absolute Gasteiger partial charge is 0.488 e. The number of allylic oxidation sites excluding steroid dienone is 1. The summed E-state index contributed by atoms with van der Waals surface area (Å²) in [5, 5.41) is 0. The Morgan fingerprint density at radius 1 is 1.10 bits per heavy atom. The van der Waals surface area contributed by atoms with Gasteiger partial charge in [0.15, 0.2) is 4.80 Å². The van der Waals surface area contributed by atoms with Gasteiger partial charge < -0.3 is 9.47 Å². The molecule has 4 aromatic rings. The summed E-state index contributed by atoms with van der Waals surface area (Å²) in [4.78, 5) is 33.2. The third-order valence-electron chi connectivity index (χ3n) is 6.51. The Labute approximate surface area is 273 Å². The number of rotatable bonds is 8. The Bertz CT molecular complexity index is 1810. The minimum atomic E-state index is -0.619. The molecule has 2 heterocycles. The van der Waals surface area contributed by atoms with Gasteiger partial charge in [0.2, 0.25) is 0 Å². The van der Waals surface area contributed by atoms with E-state index in [9.17, 15) is 9.59 Å². The molecule has 0 saturated heterocycles. The molecule has 0 N–H and O–H groups in total. The second kappa shape index (κ2) is 13.3. The predicted molar refractivity (Wildman–Crippen MR) is 181 cm³/mol. The monoisotopic (exact) mass is 808 g/mol. The third-order valence-corrected chi connectivity index (χ3v) is 9.75. The number of aromatic nitrogens is 1. The number of halogens is 2. The summed E-state index contributed by atoms with van der Waals surface area (Å²) in [6.45, 7) is 4.25. The topological polar surface area (TPSA) is 69.9 Å². The molecule has 0 aliphatic carbocycles. The smallest absolute Gasteiger partial charge is 0.338 e. The van der Waals surface area contributed by atoms with Gasteiger partial charge in [-0.1, -0.05) is 47.7 Å². The van der Waals surface area contributed by atoms with Crippen molar-refractivity contribution >= 4 is 80.3 Å². The number of hydrogen-bond acceptors (Lipinski definition) is 7. The van der Waals surface area contributed by atoms with E-state index in [4.69, 9.17) is 9.47 Å². The van der Waals surface area contributed by atoms with Crippen molar-refractivity contribution < 1.29 is 14.3 Å². The molecule has 1 aliphatic heterocycles. The standard InChI is InChI=1S/C31H26I2N2O4S2/c1-4-38-30(37)27-18(2)34-31-35(28(27)21-9-12-23(40-3)13-10-21)29(36)26(41-31)15-19-5-7-20(8-6-19)17-39-25-14-11-22(32)16-24(25)33/h5-16,28H,4,17H2,1-3H3/b26-15-/t28-/m1/s1. The molecule has 0 unspecified atom stereocenters. The van der Waals surface area contributed by atoms with E-state index in [2.05, 4.69) is 56.2 Å². The maximum Gasteiger partial charge on any atom is 0.338 e. The van der Waals surface area contributed by atoms with Crippen molar-refractivity contribution in [1.82, 2.24) is 4.57 Å². The Morgan fingerprint density at radius 2 is 1.83 bits per heavy atom. The van der Waals surface area contributed by atoms with Crippen LogP contribution in [0, 0.1) is 7.14 Å². The number of thiazole rings is 1. The minimum Gasteiger partial charge on any atom is -0.488 e. The number of hydrogen-bond donors (Lipinski definition) is 0. The van der Waals surface area contributed by atoms with E-state index in [1.54, 1.807) is 30.2 Å². The summed E-state index contributed by atoms with van der Waals surface area (Å²) in [6.07, 6.45) is 3.88. The van der Waals surface area contributed by atoms with Crippen LogP contribution >= 0.6 is 68.3 Å². The second-order valence-electron chi connectivity index (χ2n) is 9.18. The van der Waals surface area contributed by atoms with Crippen LogP contribution in [0.25, 0.3) is 6.08 Å². The number of thioether (sulfide) groups is 1. The van der Waals surface area contributed by atoms with Crippen LogP contribution in [0.5, 0.6) is 5.75 Å². The fourth-order valence-electron chi connectivity index (χ4n) is 4.51. The number of esters is 1. The van der Waals surface area contributed by atoms with E-state index in [0.717, 1.165) is 30.9 Å². The van der Waals surface area contributed by atoms with Crippen molar-refractivity contribution in [2.24, 2.45) is 4.99 Å². The van der Waals surface area contributed by atoms with Crippen LogP contribution in [0.2, 0.25) is 0 Å². The summed E-state index contributed by atoms with van der Waals surface area (Å²) in [5.41, 5.74) is 3.51.